The smallest absolute Gasteiger partial charge is 0.225 e. The van der Waals surface area contributed by atoms with E-state index in [-0.39, 0.29) is 23.9 Å². The maximum absolute atomic E-state index is 13.8. The van der Waals surface area contributed by atoms with Crippen molar-refractivity contribution in [3.05, 3.63) is 59.9 Å². The van der Waals surface area contributed by atoms with Crippen molar-refractivity contribution in [1.82, 2.24) is 15.0 Å². The molecule has 3 aromatic rings. The van der Waals surface area contributed by atoms with Gasteiger partial charge in [-0.15, -0.1) is 0 Å². The van der Waals surface area contributed by atoms with Gasteiger partial charge in [0.1, 0.15) is 5.69 Å². The average molecular weight is 406 g/mol. The number of aromatic nitrogens is 3. The number of halogens is 4. The van der Waals surface area contributed by atoms with Crippen molar-refractivity contribution >= 4 is 17.5 Å². The molecule has 1 aromatic carbocycles. The molecule has 0 aliphatic carbocycles. The van der Waals surface area contributed by atoms with Gasteiger partial charge < -0.3 is 5.32 Å². The highest BCUT2D eigenvalue weighted by Crippen LogP contribution is 2.25. The van der Waals surface area contributed by atoms with E-state index in [1.807, 2.05) is 13.8 Å². The molecule has 0 saturated carbocycles. The summed E-state index contributed by atoms with van der Waals surface area (Å²) in [5.41, 5.74) is 4.76. The predicted octanol–water partition coefficient (Wildman–Crippen LogP) is 4.74. The van der Waals surface area contributed by atoms with Crippen LogP contribution < -0.4 is 16.2 Å². The van der Waals surface area contributed by atoms with Gasteiger partial charge in [-0.1, -0.05) is 6.92 Å². The van der Waals surface area contributed by atoms with E-state index < -0.39 is 29.0 Å². The zero-order chi connectivity index (χ0) is 21.0. The molecule has 0 amide bonds. The minimum absolute atomic E-state index is 0.0622. The molecular weight excluding hydrogens is 388 g/mol. The van der Waals surface area contributed by atoms with Crippen LogP contribution in [-0.4, -0.2) is 21.0 Å². The van der Waals surface area contributed by atoms with E-state index in [2.05, 4.69) is 31.1 Å². The Bertz CT molecular complexity index is 973. The summed E-state index contributed by atoms with van der Waals surface area (Å²) in [5.74, 6) is -5.78. The van der Waals surface area contributed by atoms with E-state index in [1.54, 1.807) is 24.5 Å². The molecule has 1 atom stereocenters. The molecule has 3 N–H and O–H groups in total. The van der Waals surface area contributed by atoms with Gasteiger partial charge in [-0.3, -0.25) is 15.8 Å². The van der Waals surface area contributed by atoms with Gasteiger partial charge in [-0.2, -0.15) is 4.98 Å². The average Bonchev–Trinajstić information content (AvgIpc) is 2.72. The Morgan fingerprint density at radius 3 is 2.34 bits per heavy atom. The summed E-state index contributed by atoms with van der Waals surface area (Å²) in [5, 5.41) is 3.10. The van der Waals surface area contributed by atoms with Crippen molar-refractivity contribution in [3.8, 4) is 11.3 Å². The molecule has 6 nitrogen and oxygen atoms in total. The van der Waals surface area contributed by atoms with Crippen LogP contribution >= 0.6 is 0 Å². The molecule has 0 radical (unpaired) electrons. The Morgan fingerprint density at radius 1 is 1.00 bits per heavy atom. The summed E-state index contributed by atoms with van der Waals surface area (Å²) in [6.07, 6.45) is 4.00. The highest BCUT2D eigenvalue weighted by molar-refractivity contribution is 5.64. The summed E-state index contributed by atoms with van der Waals surface area (Å²) in [7, 11) is 0. The molecule has 0 unspecified atom stereocenters. The number of nitrogens with zero attached hydrogens (tertiary/aromatic N) is 3. The molecule has 0 spiro atoms. The first-order chi connectivity index (χ1) is 13.9. The molecule has 0 bridgehead atoms. The molecule has 152 valence electrons. The third kappa shape index (κ3) is 4.71. The number of benzene rings is 1. The molecule has 0 aliphatic heterocycles. The quantitative estimate of drug-likeness (QED) is 0.299. The van der Waals surface area contributed by atoms with Crippen LogP contribution in [0.3, 0.4) is 0 Å². The van der Waals surface area contributed by atoms with Gasteiger partial charge in [0.25, 0.3) is 0 Å². The first kappa shape index (κ1) is 20.3. The lowest BCUT2D eigenvalue weighted by Gasteiger charge is -2.16. The number of hydrazine groups is 1. The molecule has 0 saturated heterocycles. The maximum Gasteiger partial charge on any atom is 0.225 e. The van der Waals surface area contributed by atoms with E-state index in [9.17, 15) is 17.6 Å². The van der Waals surface area contributed by atoms with Crippen LogP contribution in [0.4, 0.5) is 35.0 Å². The molecular formula is C19H18F4N6. The molecule has 3 rings (SSSR count). The topological polar surface area (TPSA) is 74.8 Å². The van der Waals surface area contributed by atoms with E-state index in [4.69, 9.17) is 0 Å². The van der Waals surface area contributed by atoms with Gasteiger partial charge in [0.05, 0.1) is 5.69 Å². The summed E-state index contributed by atoms with van der Waals surface area (Å²) in [4.78, 5) is 12.7. The van der Waals surface area contributed by atoms with Gasteiger partial charge in [-0.25, -0.2) is 22.5 Å². The molecule has 29 heavy (non-hydrogen) atoms. The van der Waals surface area contributed by atoms with Gasteiger partial charge >= 0.3 is 0 Å². The second-order valence-corrected chi connectivity index (χ2v) is 6.25. The summed E-state index contributed by atoms with van der Waals surface area (Å²) < 4.78 is 54.5. The Hall–Kier alpha value is -3.43. The number of rotatable bonds is 7. The van der Waals surface area contributed by atoms with Crippen molar-refractivity contribution in [2.75, 3.05) is 16.2 Å². The van der Waals surface area contributed by atoms with Crippen LogP contribution in [0.15, 0.2) is 36.7 Å². The molecule has 0 fully saturated rings. The fourth-order valence-corrected chi connectivity index (χ4v) is 2.37. The first-order valence-electron chi connectivity index (χ1n) is 8.80. The molecule has 2 aromatic heterocycles. The Kier molecular flexibility index (Phi) is 6.10. The highest BCUT2D eigenvalue weighted by Gasteiger charge is 2.19. The SMILES string of the molecule is CC[C@H](C)Nc1nc(NNc2c(F)c(F)cc(F)c2F)cc(-c2cccnc2)n1. The highest BCUT2D eigenvalue weighted by atomic mass is 19.2. The zero-order valence-corrected chi connectivity index (χ0v) is 15.6. The Morgan fingerprint density at radius 2 is 1.72 bits per heavy atom. The zero-order valence-electron chi connectivity index (χ0n) is 15.6. The second-order valence-electron chi connectivity index (χ2n) is 6.25. The third-order valence-electron chi connectivity index (χ3n) is 4.10. The van der Waals surface area contributed by atoms with Crippen molar-refractivity contribution < 1.29 is 17.6 Å². The molecule has 10 heteroatoms. The summed E-state index contributed by atoms with van der Waals surface area (Å²) >= 11 is 0. The van der Waals surface area contributed by atoms with E-state index in [0.29, 0.717) is 11.3 Å². The van der Waals surface area contributed by atoms with Crippen LogP contribution in [0.2, 0.25) is 0 Å². The lowest BCUT2D eigenvalue weighted by molar-refractivity contribution is 0.459. The fraction of sp³-hybridized carbons (Fsp3) is 0.211. The second kappa shape index (κ2) is 8.72. The lowest BCUT2D eigenvalue weighted by atomic mass is 10.2. The Labute approximate surface area is 164 Å². The van der Waals surface area contributed by atoms with Crippen LogP contribution in [0, 0.1) is 23.3 Å². The minimum Gasteiger partial charge on any atom is -0.352 e. The third-order valence-corrected chi connectivity index (χ3v) is 4.10. The normalized spacial score (nSPS) is 11.8. The summed E-state index contributed by atoms with van der Waals surface area (Å²) in [6.45, 7) is 3.92. The van der Waals surface area contributed by atoms with Crippen LogP contribution in [0.25, 0.3) is 11.3 Å². The van der Waals surface area contributed by atoms with Gasteiger partial charge in [-0.05, 0) is 25.5 Å². The Balaban J connectivity index is 1.93. The lowest BCUT2D eigenvalue weighted by Crippen LogP contribution is -2.18. The van der Waals surface area contributed by atoms with E-state index in [0.717, 1.165) is 6.42 Å². The van der Waals surface area contributed by atoms with Crippen molar-refractivity contribution in [2.45, 2.75) is 26.3 Å². The monoisotopic (exact) mass is 406 g/mol. The van der Waals surface area contributed by atoms with Gasteiger partial charge in [0, 0.05) is 36.1 Å². The van der Waals surface area contributed by atoms with Gasteiger partial charge in [0.2, 0.25) is 5.95 Å². The van der Waals surface area contributed by atoms with Crippen LogP contribution in [-0.2, 0) is 0 Å². The first-order valence-corrected chi connectivity index (χ1v) is 8.80. The fourth-order valence-electron chi connectivity index (χ4n) is 2.37. The van der Waals surface area contributed by atoms with E-state index >= 15 is 0 Å². The van der Waals surface area contributed by atoms with Crippen molar-refractivity contribution in [2.24, 2.45) is 0 Å². The number of nitrogens with one attached hydrogen (secondary N) is 3. The molecule has 2 heterocycles. The maximum atomic E-state index is 13.8. The number of hydrogen-bond acceptors (Lipinski definition) is 6. The van der Waals surface area contributed by atoms with Crippen LogP contribution in [0.1, 0.15) is 20.3 Å². The number of hydrogen-bond donors (Lipinski definition) is 3. The standard InChI is InChI=1S/C19H18F4N6/c1-3-10(2)25-19-26-14(11-5-4-6-24-9-11)8-15(27-19)28-29-18-16(22)12(20)7-13(21)17(18)23/h4-10,29H,3H2,1-2H3,(H2,25,26,27,28)/t10-/m0/s1. The van der Waals surface area contributed by atoms with Crippen LogP contribution in [0.5, 0.6) is 0 Å². The minimum atomic E-state index is -1.56. The van der Waals surface area contributed by atoms with Crippen molar-refractivity contribution in [1.29, 1.82) is 0 Å². The summed E-state index contributed by atoms with van der Waals surface area (Å²) in [6, 6.07) is 5.20. The number of anilines is 3. The van der Waals surface area contributed by atoms with Crippen molar-refractivity contribution in [3.63, 3.8) is 0 Å². The van der Waals surface area contributed by atoms with E-state index in [1.165, 1.54) is 6.07 Å². The van der Waals surface area contributed by atoms with Gasteiger partial charge in [0.15, 0.2) is 29.1 Å². The largest absolute Gasteiger partial charge is 0.352 e. The number of pyridine rings is 1. The predicted molar refractivity (Wildman–Crippen MR) is 102 cm³/mol. The molecule has 0 aliphatic rings.